The number of benzene rings is 1. The van der Waals surface area contributed by atoms with Crippen LogP contribution in [0.2, 0.25) is 18.1 Å². The molecule has 1 aromatic heterocycles. The molecule has 1 aliphatic heterocycles. The summed E-state index contributed by atoms with van der Waals surface area (Å²) in [5.41, 5.74) is 2.30. The minimum atomic E-state index is -1.91. The number of anilines is 1. The quantitative estimate of drug-likeness (QED) is 0.573. The lowest BCUT2D eigenvalue weighted by molar-refractivity contribution is 0.108. The Morgan fingerprint density at radius 2 is 1.91 bits per heavy atom. The molecule has 2 atom stereocenters. The Kier molecular flexibility index (Phi) is 6.62. The van der Waals surface area contributed by atoms with Crippen molar-refractivity contribution < 1.29 is 14.3 Å². The highest BCUT2D eigenvalue weighted by Crippen LogP contribution is 2.42. The summed E-state index contributed by atoms with van der Waals surface area (Å²) in [6.45, 7) is 14.7. The zero-order valence-corrected chi connectivity index (χ0v) is 22.2. The van der Waals surface area contributed by atoms with Crippen LogP contribution < -0.4 is 9.64 Å². The Hall–Kier alpha value is -2.63. The summed E-state index contributed by atoms with van der Waals surface area (Å²) in [6.07, 6.45) is 4.67. The molecule has 4 rings (SSSR count). The Morgan fingerprint density at radius 3 is 2.59 bits per heavy atom. The number of phenols is 1. The first kappa shape index (κ1) is 24.5. The maximum Gasteiger partial charge on any atom is 0.194 e. The van der Waals surface area contributed by atoms with Gasteiger partial charge in [0, 0.05) is 11.6 Å². The van der Waals surface area contributed by atoms with Crippen LogP contribution >= 0.6 is 0 Å². The van der Waals surface area contributed by atoms with E-state index in [4.69, 9.17) is 9.16 Å². The van der Waals surface area contributed by atoms with E-state index in [9.17, 15) is 10.4 Å². The monoisotopic (exact) mass is 480 g/mol. The van der Waals surface area contributed by atoms with Crippen molar-refractivity contribution in [2.24, 2.45) is 0 Å². The Bertz CT molecular complexity index is 1080. The fourth-order valence-corrected chi connectivity index (χ4v) is 6.16. The van der Waals surface area contributed by atoms with Crippen molar-refractivity contribution in [1.82, 2.24) is 10.2 Å². The van der Waals surface area contributed by atoms with Crippen LogP contribution in [0.25, 0.3) is 11.3 Å². The number of hydrogen-bond acceptors (Lipinski definition) is 7. The maximum atomic E-state index is 10.5. The van der Waals surface area contributed by atoms with Crippen LogP contribution in [0, 0.1) is 18.3 Å². The first-order valence-corrected chi connectivity index (χ1v) is 15.1. The van der Waals surface area contributed by atoms with Crippen molar-refractivity contribution in [1.29, 1.82) is 5.26 Å². The van der Waals surface area contributed by atoms with E-state index in [1.165, 1.54) is 18.9 Å². The van der Waals surface area contributed by atoms with Crippen molar-refractivity contribution in [3.63, 3.8) is 0 Å². The molecule has 0 spiro atoms. The molecule has 8 heteroatoms. The summed E-state index contributed by atoms with van der Waals surface area (Å²) in [7, 11) is -1.91. The predicted octanol–water partition coefficient (Wildman–Crippen LogP) is 5.56. The number of aromatic hydroxyl groups is 1. The number of hydrogen-bond donors (Lipinski definition) is 1. The Labute approximate surface area is 203 Å². The maximum absolute atomic E-state index is 10.5. The van der Waals surface area contributed by atoms with Gasteiger partial charge in [-0.2, -0.15) is 5.26 Å². The highest BCUT2D eigenvalue weighted by molar-refractivity contribution is 6.74. The van der Waals surface area contributed by atoms with E-state index >= 15 is 0 Å². The van der Waals surface area contributed by atoms with Gasteiger partial charge >= 0.3 is 0 Å². The summed E-state index contributed by atoms with van der Waals surface area (Å²) in [4.78, 5) is 2.33. The molecule has 0 saturated heterocycles. The van der Waals surface area contributed by atoms with Crippen LogP contribution in [0.15, 0.2) is 18.2 Å². The van der Waals surface area contributed by atoms with Crippen molar-refractivity contribution in [2.75, 3.05) is 18.1 Å². The lowest BCUT2D eigenvalue weighted by Crippen LogP contribution is -2.54. The van der Waals surface area contributed by atoms with Gasteiger partial charge < -0.3 is 19.2 Å². The third-order valence-corrected chi connectivity index (χ3v) is 12.1. The van der Waals surface area contributed by atoms with Gasteiger partial charge in [-0.05, 0) is 55.6 Å². The van der Waals surface area contributed by atoms with Gasteiger partial charge in [0.25, 0.3) is 0 Å². The summed E-state index contributed by atoms with van der Waals surface area (Å²) in [5, 5.41) is 28.9. The lowest BCUT2D eigenvalue weighted by atomic mass is 9.91. The van der Waals surface area contributed by atoms with Gasteiger partial charge in [-0.1, -0.05) is 33.6 Å². The van der Waals surface area contributed by atoms with E-state index in [1.807, 2.05) is 13.0 Å². The zero-order valence-electron chi connectivity index (χ0n) is 21.2. The predicted molar refractivity (Wildman–Crippen MR) is 136 cm³/mol. The molecule has 0 radical (unpaired) electrons. The average Bonchev–Trinajstić information content (AvgIpc) is 2.77. The van der Waals surface area contributed by atoms with E-state index < -0.39 is 8.32 Å². The summed E-state index contributed by atoms with van der Waals surface area (Å²) in [6, 6.07) is 7.38. The van der Waals surface area contributed by atoms with Gasteiger partial charge in [-0.15, -0.1) is 10.2 Å². The van der Waals surface area contributed by atoms with Gasteiger partial charge in [-0.3, -0.25) is 0 Å². The molecule has 34 heavy (non-hydrogen) atoms. The third kappa shape index (κ3) is 4.64. The molecule has 1 fully saturated rings. The molecule has 1 saturated carbocycles. The molecule has 2 aliphatic rings. The molecule has 1 aromatic carbocycles. The SMILES string of the molecule is Cc1cc(C#N)cc(O)c1-c1cc2c(nn1)N([C@@H]1CCCC[C@H]1O[Si](C)(C)C(C)(C)C)CCO2. The van der Waals surface area contributed by atoms with E-state index in [1.54, 1.807) is 6.07 Å². The molecule has 2 aromatic rings. The van der Waals surface area contributed by atoms with Crippen LogP contribution in [0.5, 0.6) is 11.5 Å². The zero-order chi connectivity index (χ0) is 24.7. The van der Waals surface area contributed by atoms with Gasteiger partial charge in [0.2, 0.25) is 0 Å². The summed E-state index contributed by atoms with van der Waals surface area (Å²) >= 11 is 0. The van der Waals surface area contributed by atoms with Crippen molar-refractivity contribution >= 4 is 14.1 Å². The standard InChI is InChI=1S/C26H36N4O3Si/c1-17-13-18(16-27)14-21(31)24(17)19-15-23-25(29-28-19)30(11-12-32-23)20-9-7-8-10-22(20)33-34(5,6)26(2,3)4/h13-15,20,22,31H,7-12H2,1-6H3/t20-,22-/m1/s1. The van der Waals surface area contributed by atoms with Crippen LogP contribution in [-0.2, 0) is 4.43 Å². The molecule has 7 nitrogen and oxygen atoms in total. The summed E-state index contributed by atoms with van der Waals surface area (Å²) < 4.78 is 12.9. The van der Waals surface area contributed by atoms with Gasteiger partial charge in [0.05, 0.1) is 30.3 Å². The van der Waals surface area contributed by atoms with E-state index in [0.29, 0.717) is 29.2 Å². The highest BCUT2D eigenvalue weighted by Gasteiger charge is 2.43. The molecule has 1 N–H and O–H groups in total. The molecule has 2 heterocycles. The second kappa shape index (κ2) is 9.20. The highest BCUT2D eigenvalue weighted by atomic mass is 28.4. The van der Waals surface area contributed by atoms with Crippen molar-refractivity contribution in [3.8, 4) is 28.8 Å². The van der Waals surface area contributed by atoms with Crippen LogP contribution in [-0.4, -0.2) is 48.9 Å². The van der Waals surface area contributed by atoms with E-state index in [-0.39, 0.29) is 22.9 Å². The molecular weight excluding hydrogens is 444 g/mol. The number of nitriles is 1. The van der Waals surface area contributed by atoms with Gasteiger partial charge in [-0.25, -0.2) is 0 Å². The fraction of sp³-hybridized carbons (Fsp3) is 0.577. The first-order valence-electron chi connectivity index (χ1n) is 12.2. The lowest BCUT2D eigenvalue weighted by Gasteiger charge is -2.47. The number of phenolic OH excluding ortho intramolecular Hbond substituents is 1. The topological polar surface area (TPSA) is 91.5 Å². The molecular formula is C26H36N4O3Si. The molecule has 182 valence electrons. The number of nitrogens with zero attached hydrogens (tertiary/aromatic N) is 4. The minimum absolute atomic E-state index is 0.0218. The van der Waals surface area contributed by atoms with Crippen LogP contribution in [0.3, 0.4) is 0 Å². The number of fused-ring (bicyclic) bond motifs is 1. The number of aryl methyl sites for hydroxylation is 1. The fourth-order valence-electron chi connectivity index (χ4n) is 4.77. The van der Waals surface area contributed by atoms with Crippen molar-refractivity contribution in [2.45, 2.75) is 83.7 Å². The smallest absolute Gasteiger partial charge is 0.194 e. The number of rotatable bonds is 4. The molecule has 1 aliphatic carbocycles. The molecule has 0 bridgehead atoms. The third-order valence-electron chi connectivity index (χ3n) is 7.62. The largest absolute Gasteiger partial charge is 0.507 e. The molecule has 0 unspecified atom stereocenters. The Morgan fingerprint density at radius 1 is 1.18 bits per heavy atom. The van der Waals surface area contributed by atoms with E-state index in [2.05, 4.69) is 55.0 Å². The number of aromatic nitrogens is 2. The minimum Gasteiger partial charge on any atom is -0.507 e. The normalized spacial score (nSPS) is 20.9. The van der Waals surface area contributed by atoms with Crippen LogP contribution in [0.1, 0.15) is 57.6 Å². The number of ether oxygens (including phenoxy) is 1. The van der Waals surface area contributed by atoms with Gasteiger partial charge in [0.15, 0.2) is 19.9 Å². The van der Waals surface area contributed by atoms with Gasteiger partial charge in [0.1, 0.15) is 18.1 Å². The van der Waals surface area contributed by atoms with E-state index in [0.717, 1.165) is 30.8 Å². The van der Waals surface area contributed by atoms with Crippen molar-refractivity contribution in [3.05, 3.63) is 29.3 Å². The second-order valence-electron chi connectivity index (χ2n) is 11.0. The Balaban J connectivity index is 1.65. The average molecular weight is 481 g/mol. The molecule has 0 amide bonds. The van der Waals surface area contributed by atoms with Crippen LogP contribution in [0.4, 0.5) is 5.82 Å². The second-order valence-corrected chi connectivity index (χ2v) is 15.8. The first-order chi connectivity index (χ1) is 16.0. The summed E-state index contributed by atoms with van der Waals surface area (Å²) in [5.74, 6) is 1.45.